The molecule has 0 amide bonds. The summed E-state index contributed by atoms with van der Waals surface area (Å²) in [5, 5.41) is 9.16. The Morgan fingerprint density at radius 1 is 1.47 bits per heavy atom. The summed E-state index contributed by atoms with van der Waals surface area (Å²) in [6.07, 6.45) is -1.32. The summed E-state index contributed by atoms with van der Waals surface area (Å²) >= 11 is 0. The predicted octanol–water partition coefficient (Wildman–Crippen LogP) is 0.138. The number of rotatable bonds is 5. The van der Waals surface area contributed by atoms with Crippen LogP contribution < -0.4 is 0 Å². The summed E-state index contributed by atoms with van der Waals surface area (Å²) in [6, 6.07) is 0. The summed E-state index contributed by atoms with van der Waals surface area (Å²) < 4.78 is 4.11. The number of hydrogen-bond donors (Lipinski definition) is 1. The molecule has 0 fully saturated rings. The third kappa shape index (κ3) is 4.87. The van der Waals surface area contributed by atoms with Crippen LogP contribution >= 0.6 is 0 Å². The topological polar surface area (TPSA) is 80.7 Å². The average molecular weight is 212 g/mol. The zero-order valence-electron chi connectivity index (χ0n) is 8.36. The van der Waals surface area contributed by atoms with Gasteiger partial charge in [-0.2, -0.15) is 0 Å². The largest absolute Gasteiger partial charge is 0.388 e. The molecule has 0 rings (SSSR count). The van der Waals surface area contributed by atoms with Gasteiger partial charge >= 0.3 is 11.9 Å². The molecule has 82 valence electrons. The molecule has 0 radical (unpaired) electrons. The first-order chi connectivity index (χ1) is 6.88. The van der Waals surface area contributed by atoms with Crippen molar-refractivity contribution in [2.45, 2.75) is 19.4 Å². The molecule has 0 aromatic carbocycles. The number of carbonyl (C=O) groups excluding carboxylic acids is 3. The standard InChI is InChI=1S/C10H12O5/c1-4-9(13)15-10(14)8(12)5-7(11)6(2)3/h4,8,12H,1-2,5H2,3H3. The fourth-order valence-electron chi connectivity index (χ4n) is 0.642. The Bertz CT molecular complexity index is 316. The molecule has 15 heavy (non-hydrogen) atoms. The minimum Gasteiger partial charge on any atom is -0.388 e. The molecular formula is C10H12O5. The molecule has 0 saturated carbocycles. The van der Waals surface area contributed by atoms with Crippen molar-refractivity contribution in [3.63, 3.8) is 0 Å². The Kier molecular flexibility index (Phi) is 5.19. The molecule has 0 aliphatic heterocycles. The first-order valence-electron chi connectivity index (χ1n) is 4.13. The van der Waals surface area contributed by atoms with E-state index in [-0.39, 0.29) is 5.57 Å². The first kappa shape index (κ1) is 13.2. The molecule has 5 heteroatoms. The van der Waals surface area contributed by atoms with E-state index < -0.39 is 30.2 Å². The number of esters is 2. The molecule has 0 aliphatic rings. The number of ketones is 1. The van der Waals surface area contributed by atoms with E-state index in [1.54, 1.807) is 0 Å². The van der Waals surface area contributed by atoms with Gasteiger partial charge in [0.05, 0.1) is 0 Å². The molecule has 1 N–H and O–H groups in total. The maximum absolute atomic E-state index is 11.0. The van der Waals surface area contributed by atoms with Crippen LogP contribution in [-0.4, -0.2) is 28.9 Å². The lowest BCUT2D eigenvalue weighted by molar-refractivity contribution is -0.163. The second kappa shape index (κ2) is 5.87. The Hall–Kier alpha value is -1.75. The minimum atomic E-state index is -1.65. The summed E-state index contributed by atoms with van der Waals surface area (Å²) in [5.41, 5.74) is 0.219. The van der Waals surface area contributed by atoms with Gasteiger partial charge in [0, 0.05) is 12.5 Å². The van der Waals surface area contributed by atoms with E-state index in [1.165, 1.54) is 6.92 Å². The van der Waals surface area contributed by atoms with Crippen molar-refractivity contribution in [3.8, 4) is 0 Å². The number of aliphatic hydroxyl groups is 1. The van der Waals surface area contributed by atoms with Crippen molar-refractivity contribution in [1.82, 2.24) is 0 Å². The first-order valence-corrected chi connectivity index (χ1v) is 4.13. The predicted molar refractivity (Wildman–Crippen MR) is 51.7 cm³/mol. The zero-order chi connectivity index (χ0) is 12.0. The Morgan fingerprint density at radius 2 is 2.00 bits per heavy atom. The van der Waals surface area contributed by atoms with E-state index in [9.17, 15) is 14.4 Å². The fraction of sp³-hybridized carbons (Fsp3) is 0.300. The zero-order valence-corrected chi connectivity index (χ0v) is 8.36. The lowest BCUT2D eigenvalue weighted by atomic mass is 10.1. The second-order valence-electron chi connectivity index (χ2n) is 2.87. The van der Waals surface area contributed by atoms with Gasteiger partial charge in [0.15, 0.2) is 11.9 Å². The van der Waals surface area contributed by atoms with Crippen LogP contribution in [-0.2, 0) is 19.1 Å². The van der Waals surface area contributed by atoms with E-state index in [1.807, 2.05) is 0 Å². The molecule has 0 aliphatic carbocycles. The molecule has 0 aromatic rings. The normalized spacial score (nSPS) is 11.3. The summed E-state index contributed by atoms with van der Waals surface area (Å²) in [7, 11) is 0. The molecule has 0 saturated heterocycles. The monoisotopic (exact) mass is 212 g/mol. The van der Waals surface area contributed by atoms with E-state index >= 15 is 0 Å². The van der Waals surface area contributed by atoms with Gasteiger partial charge in [-0.15, -0.1) is 0 Å². The number of hydrogen-bond acceptors (Lipinski definition) is 5. The molecule has 5 nitrogen and oxygen atoms in total. The van der Waals surface area contributed by atoms with Crippen LogP contribution in [0.15, 0.2) is 24.8 Å². The molecule has 0 heterocycles. The summed E-state index contributed by atoms with van der Waals surface area (Å²) in [4.78, 5) is 32.6. The van der Waals surface area contributed by atoms with Gasteiger partial charge in [0.2, 0.25) is 0 Å². The highest BCUT2D eigenvalue weighted by molar-refractivity contribution is 5.99. The van der Waals surface area contributed by atoms with Gasteiger partial charge in [0.25, 0.3) is 0 Å². The lowest BCUT2D eigenvalue weighted by Crippen LogP contribution is -2.27. The Morgan fingerprint density at radius 3 is 2.40 bits per heavy atom. The maximum Gasteiger partial charge on any atom is 0.343 e. The average Bonchev–Trinajstić information content (AvgIpc) is 2.16. The number of aliphatic hydroxyl groups excluding tert-OH is 1. The van der Waals surface area contributed by atoms with Gasteiger partial charge in [-0.05, 0) is 12.5 Å². The minimum absolute atomic E-state index is 0.219. The van der Waals surface area contributed by atoms with E-state index in [2.05, 4.69) is 17.9 Å². The SMILES string of the molecule is C=CC(=O)OC(=O)C(O)CC(=O)C(=C)C. The third-order valence-electron chi connectivity index (χ3n) is 1.49. The van der Waals surface area contributed by atoms with Crippen LogP contribution in [0.5, 0.6) is 0 Å². The van der Waals surface area contributed by atoms with Gasteiger partial charge < -0.3 is 9.84 Å². The van der Waals surface area contributed by atoms with Crippen molar-refractivity contribution < 1.29 is 24.2 Å². The number of ether oxygens (including phenoxy) is 1. The van der Waals surface area contributed by atoms with Crippen LogP contribution in [0, 0.1) is 0 Å². The van der Waals surface area contributed by atoms with E-state index in [0.29, 0.717) is 0 Å². The highest BCUT2D eigenvalue weighted by Crippen LogP contribution is 2.02. The van der Waals surface area contributed by atoms with Crippen molar-refractivity contribution in [1.29, 1.82) is 0 Å². The van der Waals surface area contributed by atoms with Crippen LogP contribution in [0.2, 0.25) is 0 Å². The highest BCUT2D eigenvalue weighted by atomic mass is 16.6. The molecule has 0 bridgehead atoms. The lowest BCUT2D eigenvalue weighted by Gasteiger charge is -2.07. The number of carbonyl (C=O) groups is 3. The molecule has 0 spiro atoms. The van der Waals surface area contributed by atoms with E-state index in [0.717, 1.165) is 6.08 Å². The van der Waals surface area contributed by atoms with Gasteiger partial charge in [-0.3, -0.25) is 4.79 Å². The second-order valence-corrected chi connectivity index (χ2v) is 2.87. The van der Waals surface area contributed by atoms with Crippen molar-refractivity contribution >= 4 is 17.7 Å². The van der Waals surface area contributed by atoms with Gasteiger partial charge in [0.1, 0.15) is 0 Å². The molecule has 1 unspecified atom stereocenters. The highest BCUT2D eigenvalue weighted by Gasteiger charge is 2.22. The molecule has 0 aromatic heterocycles. The molecule has 1 atom stereocenters. The van der Waals surface area contributed by atoms with Crippen LogP contribution in [0.4, 0.5) is 0 Å². The third-order valence-corrected chi connectivity index (χ3v) is 1.49. The van der Waals surface area contributed by atoms with E-state index in [4.69, 9.17) is 5.11 Å². The summed E-state index contributed by atoms with van der Waals surface area (Å²) in [5.74, 6) is -2.61. The van der Waals surface area contributed by atoms with Crippen molar-refractivity contribution in [2.75, 3.05) is 0 Å². The van der Waals surface area contributed by atoms with Gasteiger partial charge in [-0.25, -0.2) is 9.59 Å². The smallest absolute Gasteiger partial charge is 0.343 e. The van der Waals surface area contributed by atoms with Gasteiger partial charge in [-0.1, -0.05) is 13.2 Å². The summed E-state index contributed by atoms with van der Waals surface area (Å²) in [6.45, 7) is 7.88. The Balaban J connectivity index is 4.22. The van der Waals surface area contributed by atoms with Crippen molar-refractivity contribution in [3.05, 3.63) is 24.8 Å². The maximum atomic E-state index is 11.0. The fourth-order valence-corrected chi connectivity index (χ4v) is 0.642. The number of allylic oxidation sites excluding steroid dienone is 1. The quantitative estimate of drug-likeness (QED) is 0.398. The number of Topliss-reactive ketones (excluding diaryl/α,β-unsaturated/α-hetero) is 1. The van der Waals surface area contributed by atoms with Crippen LogP contribution in [0.25, 0.3) is 0 Å². The molecular weight excluding hydrogens is 200 g/mol. The van der Waals surface area contributed by atoms with Crippen LogP contribution in [0.1, 0.15) is 13.3 Å². The Labute approximate surface area is 87.0 Å². The van der Waals surface area contributed by atoms with Crippen LogP contribution in [0.3, 0.4) is 0 Å². The van der Waals surface area contributed by atoms with Crippen molar-refractivity contribution in [2.24, 2.45) is 0 Å².